The fraction of sp³-hybridized carbons (Fsp3) is 0.118. The lowest BCUT2D eigenvalue weighted by atomic mass is 10.2. The van der Waals surface area contributed by atoms with E-state index in [1.54, 1.807) is 19.2 Å². The normalized spacial score (nSPS) is 12.2. The molecule has 0 saturated heterocycles. The molecule has 10 heteroatoms. The predicted molar refractivity (Wildman–Crippen MR) is 91.6 cm³/mol. The molecule has 3 heterocycles. The average Bonchev–Trinajstić information content (AvgIpc) is 2.98. The van der Waals surface area contributed by atoms with E-state index >= 15 is 0 Å². The van der Waals surface area contributed by atoms with Gasteiger partial charge in [0.25, 0.3) is 5.56 Å². The molecule has 0 aliphatic carbocycles. The van der Waals surface area contributed by atoms with Crippen LogP contribution in [0, 0.1) is 5.82 Å². The van der Waals surface area contributed by atoms with Crippen molar-refractivity contribution < 1.29 is 17.6 Å². The first-order valence-electron chi connectivity index (χ1n) is 7.58. The van der Waals surface area contributed by atoms with Gasteiger partial charge in [-0.05, 0) is 18.2 Å². The minimum atomic E-state index is -5.03. The van der Waals surface area contributed by atoms with Crippen LogP contribution in [0.5, 0.6) is 0 Å². The summed E-state index contributed by atoms with van der Waals surface area (Å²) in [4.78, 5) is 20.4. The molecule has 1 aromatic carbocycles. The minimum absolute atomic E-state index is 0.00928. The SMILES string of the molecule is Cn1cnc2c(=O)n(-c3ccccc3Cl)c3nc(C(F)(F)F)c(F)cc3c21. The van der Waals surface area contributed by atoms with E-state index in [1.165, 1.54) is 23.0 Å². The van der Waals surface area contributed by atoms with E-state index in [1.807, 2.05) is 0 Å². The lowest BCUT2D eigenvalue weighted by molar-refractivity contribution is -0.143. The highest BCUT2D eigenvalue weighted by Crippen LogP contribution is 2.34. The standard InChI is InChI=1S/C17H9ClF4N4O/c1-25-7-23-12-13(25)8-6-10(19)14(17(20,21)22)24-15(8)26(16(12)27)11-5-3-2-4-9(11)18/h2-7H,1H3. The number of hydrogen-bond acceptors (Lipinski definition) is 3. The van der Waals surface area contributed by atoms with Crippen molar-refractivity contribution in [2.45, 2.75) is 6.18 Å². The molecule has 0 fully saturated rings. The molecule has 5 nitrogen and oxygen atoms in total. The largest absolute Gasteiger partial charge is 0.436 e. The molecule has 138 valence electrons. The molecule has 4 aromatic rings. The smallest absolute Gasteiger partial charge is 0.333 e. The number of aryl methyl sites for hydroxylation is 1. The number of halogens is 5. The topological polar surface area (TPSA) is 52.7 Å². The zero-order valence-corrected chi connectivity index (χ0v) is 14.3. The Morgan fingerprint density at radius 2 is 1.89 bits per heavy atom. The molecule has 0 radical (unpaired) electrons. The van der Waals surface area contributed by atoms with E-state index in [9.17, 15) is 22.4 Å². The zero-order valence-electron chi connectivity index (χ0n) is 13.6. The third-order valence-corrected chi connectivity index (χ3v) is 4.45. The fourth-order valence-corrected chi connectivity index (χ4v) is 3.21. The number of hydrogen-bond donors (Lipinski definition) is 0. The summed E-state index contributed by atoms with van der Waals surface area (Å²) >= 11 is 6.14. The van der Waals surface area contributed by atoms with Gasteiger partial charge in [0.1, 0.15) is 0 Å². The zero-order chi connectivity index (χ0) is 19.5. The third kappa shape index (κ3) is 2.57. The fourth-order valence-electron chi connectivity index (χ4n) is 2.99. The van der Waals surface area contributed by atoms with Gasteiger partial charge in [-0.1, -0.05) is 23.7 Å². The van der Waals surface area contributed by atoms with Crippen LogP contribution in [0.2, 0.25) is 5.02 Å². The molecule has 0 amide bonds. The van der Waals surface area contributed by atoms with Gasteiger partial charge in [-0.3, -0.25) is 9.36 Å². The molecule has 0 aliphatic heterocycles. The molecule has 0 atom stereocenters. The summed E-state index contributed by atoms with van der Waals surface area (Å²) in [6.45, 7) is 0. The highest BCUT2D eigenvalue weighted by molar-refractivity contribution is 6.32. The Kier molecular flexibility index (Phi) is 3.74. The molecule has 0 N–H and O–H groups in total. The van der Waals surface area contributed by atoms with E-state index in [4.69, 9.17) is 11.6 Å². The Hall–Kier alpha value is -2.94. The van der Waals surface area contributed by atoms with Crippen LogP contribution >= 0.6 is 11.6 Å². The van der Waals surface area contributed by atoms with Gasteiger partial charge in [0.2, 0.25) is 0 Å². The number of imidazole rings is 1. The van der Waals surface area contributed by atoms with Crippen molar-refractivity contribution in [1.29, 1.82) is 0 Å². The van der Waals surface area contributed by atoms with Gasteiger partial charge < -0.3 is 4.57 Å². The minimum Gasteiger partial charge on any atom is -0.333 e. The highest BCUT2D eigenvalue weighted by Gasteiger charge is 2.37. The van der Waals surface area contributed by atoms with Crippen molar-refractivity contribution >= 4 is 33.7 Å². The highest BCUT2D eigenvalue weighted by atomic mass is 35.5. The molecule has 0 aliphatic rings. The maximum absolute atomic E-state index is 14.2. The summed E-state index contributed by atoms with van der Waals surface area (Å²) in [5, 5.41) is 0.130. The molecule has 0 unspecified atom stereocenters. The summed E-state index contributed by atoms with van der Waals surface area (Å²) < 4.78 is 56.1. The van der Waals surface area contributed by atoms with E-state index < -0.39 is 23.2 Å². The summed E-state index contributed by atoms with van der Waals surface area (Å²) in [6.07, 6.45) is -3.71. The second-order valence-corrected chi connectivity index (χ2v) is 6.24. The number of fused-ring (bicyclic) bond motifs is 3. The Labute approximate surface area is 153 Å². The Morgan fingerprint density at radius 1 is 1.19 bits per heavy atom. The molecule has 4 rings (SSSR count). The van der Waals surface area contributed by atoms with E-state index in [0.717, 1.165) is 4.57 Å². The van der Waals surface area contributed by atoms with Crippen LogP contribution < -0.4 is 5.56 Å². The number of pyridine rings is 2. The first-order chi connectivity index (χ1) is 12.7. The molecule has 27 heavy (non-hydrogen) atoms. The Balaban J connectivity index is 2.29. The van der Waals surface area contributed by atoms with Crippen molar-refractivity contribution in [1.82, 2.24) is 19.1 Å². The number of rotatable bonds is 1. The molecule has 3 aromatic heterocycles. The van der Waals surface area contributed by atoms with Crippen LogP contribution in [0.25, 0.3) is 27.8 Å². The van der Waals surface area contributed by atoms with Crippen molar-refractivity contribution in [2.24, 2.45) is 7.05 Å². The molecular formula is C17H9ClF4N4O. The molecule has 0 spiro atoms. The van der Waals surface area contributed by atoms with Crippen LogP contribution in [0.4, 0.5) is 17.6 Å². The van der Waals surface area contributed by atoms with Crippen molar-refractivity contribution in [3.05, 3.63) is 63.5 Å². The van der Waals surface area contributed by atoms with Gasteiger partial charge in [0, 0.05) is 12.4 Å². The maximum Gasteiger partial charge on any atom is 0.436 e. The van der Waals surface area contributed by atoms with Crippen LogP contribution in [0.3, 0.4) is 0 Å². The number of nitrogens with zero attached hydrogens (tertiary/aromatic N) is 4. The first kappa shape index (κ1) is 17.5. The lowest BCUT2D eigenvalue weighted by Gasteiger charge is -2.15. The van der Waals surface area contributed by atoms with Crippen LogP contribution in [0.1, 0.15) is 5.69 Å². The second-order valence-electron chi connectivity index (χ2n) is 5.83. The van der Waals surface area contributed by atoms with E-state index in [-0.39, 0.29) is 32.8 Å². The molecule has 0 saturated carbocycles. The van der Waals surface area contributed by atoms with Crippen molar-refractivity contribution in [3.63, 3.8) is 0 Å². The van der Waals surface area contributed by atoms with Gasteiger partial charge in [-0.15, -0.1) is 0 Å². The summed E-state index contributed by atoms with van der Waals surface area (Å²) in [5.41, 5.74) is -2.52. The molecule has 0 bridgehead atoms. The van der Waals surface area contributed by atoms with Gasteiger partial charge in [0.15, 0.2) is 22.7 Å². The molecular weight excluding hydrogens is 388 g/mol. The Morgan fingerprint density at radius 3 is 2.56 bits per heavy atom. The quantitative estimate of drug-likeness (QED) is 0.455. The van der Waals surface area contributed by atoms with E-state index in [0.29, 0.717) is 6.07 Å². The van der Waals surface area contributed by atoms with Gasteiger partial charge in [-0.25, -0.2) is 14.4 Å². The van der Waals surface area contributed by atoms with Gasteiger partial charge >= 0.3 is 6.18 Å². The summed E-state index contributed by atoms with van der Waals surface area (Å²) in [7, 11) is 1.55. The van der Waals surface area contributed by atoms with Gasteiger partial charge in [-0.2, -0.15) is 13.2 Å². The number of benzene rings is 1. The summed E-state index contributed by atoms with van der Waals surface area (Å²) in [6, 6.07) is 6.81. The van der Waals surface area contributed by atoms with Crippen LogP contribution in [0.15, 0.2) is 41.5 Å². The van der Waals surface area contributed by atoms with Gasteiger partial charge in [0.05, 0.1) is 22.6 Å². The average molecular weight is 397 g/mol. The van der Waals surface area contributed by atoms with Crippen molar-refractivity contribution in [2.75, 3.05) is 0 Å². The van der Waals surface area contributed by atoms with E-state index in [2.05, 4.69) is 9.97 Å². The predicted octanol–water partition coefficient (Wildman–Crippen LogP) is 4.08. The first-order valence-corrected chi connectivity index (χ1v) is 7.96. The lowest BCUT2D eigenvalue weighted by Crippen LogP contribution is -2.22. The Bertz CT molecular complexity index is 1280. The van der Waals surface area contributed by atoms with Crippen molar-refractivity contribution in [3.8, 4) is 5.69 Å². The number of aromatic nitrogens is 4. The maximum atomic E-state index is 14.2. The number of para-hydroxylation sites is 1. The monoisotopic (exact) mass is 396 g/mol. The third-order valence-electron chi connectivity index (χ3n) is 4.13. The van der Waals surface area contributed by atoms with Crippen LogP contribution in [-0.2, 0) is 13.2 Å². The van der Waals surface area contributed by atoms with Crippen LogP contribution in [-0.4, -0.2) is 19.1 Å². The number of alkyl halides is 3. The second kappa shape index (κ2) is 5.78. The summed E-state index contributed by atoms with van der Waals surface area (Å²) in [5.74, 6) is -1.54.